The zero-order chi connectivity index (χ0) is 24.0. The lowest BCUT2D eigenvalue weighted by molar-refractivity contribution is -0.121. The average Bonchev–Trinajstić information content (AvgIpc) is 3.04. The first-order valence-electron chi connectivity index (χ1n) is 10.6. The standard InChI is InChI=1S/C26H29NO4S2/c1-6-13-27-24(28)23(33-25(27)32)17-18-7-12-21(22(16-18)29-5)31-15-14-30-20-10-8-19(9-11-20)26(2,3)4/h6-12,16-17H,1,13-15H2,2-5H3/b23-17+. The number of amides is 1. The molecule has 1 aliphatic heterocycles. The molecule has 1 aliphatic rings. The van der Waals surface area contributed by atoms with E-state index in [9.17, 15) is 4.79 Å². The molecule has 0 radical (unpaired) electrons. The second kappa shape index (κ2) is 10.9. The lowest BCUT2D eigenvalue weighted by Crippen LogP contribution is -2.27. The number of carbonyl (C=O) groups excluding carboxylic acids is 1. The molecule has 0 bridgehead atoms. The maximum Gasteiger partial charge on any atom is 0.266 e. The molecule has 0 atom stereocenters. The summed E-state index contributed by atoms with van der Waals surface area (Å²) in [5.74, 6) is 1.89. The third-order valence-electron chi connectivity index (χ3n) is 5.00. The van der Waals surface area contributed by atoms with Crippen LogP contribution >= 0.6 is 24.0 Å². The molecule has 1 fully saturated rings. The van der Waals surface area contributed by atoms with Crippen LogP contribution in [0.15, 0.2) is 60.0 Å². The molecule has 5 nitrogen and oxygen atoms in total. The van der Waals surface area contributed by atoms with E-state index < -0.39 is 0 Å². The molecular formula is C26H29NO4S2. The van der Waals surface area contributed by atoms with E-state index in [2.05, 4.69) is 39.5 Å². The number of methoxy groups -OCH3 is 1. The predicted octanol–water partition coefficient (Wildman–Crippen LogP) is 5.84. The van der Waals surface area contributed by atoms with Gasteiger partial charge in [0.15, 0.2) is 11.5 Å². The zero-order valence-corrected chi connectivity index (χ0v) is 21.1. The summed E-state index contributed by atoms with van der Waals surface area (Å²) < 4.78 is 17.7. The van der Waals surface area contributed by atoms with Crippen LogP contribution in [-0.4, -0.2) is 42.0 Å². The van der Waals surface area contributed by atoms with Crippen LogP contribution in [0.25, 0.3) is 6.08 Å². The van der Waals surface area contributed by atoms with Gasteiger partial charge < -0.3 is 14.2 Å². The highest BCUT2D eigenvalue weighted by atomic mass is 32.2. The summed E-state index contributed by atoms with van der Waals surface area (Å²) in [5.41, 5.74) is 2.20. The number of rotatable bonds is 9. The Balaban J connectivity index is 1.58. The molecule has 174 valence electrons. The van der Waals surface area contributed by atoms with Gasteiger partial charge in [-0.2, -0.15) is 0 Å². The number of thiocarbonyl (C=S) groups is 1. The summed E-state index contributed by atoms with van der Waals surface area (Å²) >= 11 is 6.57. The molecule has 1 amide bonds. The van der Waals surface area contributed by atoms with Crippen molar-refractivity contribution in [3.8, 4) is 17.2 Å². The molecular weight excluding hydrogens is 454 g/mol. The molecule has 0 aromatic heterocycles. The van der Waals surface area contributed by atoms with E-state index in [4.69, 9.17) is 26.4 Å². The van der Waals surface area contributed by atoms with Crippen LogP contribution < -0.4 is 14.2 Å². The van der Waals surface area contributed by atoms with E-state index in [-0.39, 0.29) is 11.3 Å². The van der Waals surface area contributed by atoms with Gasteiger partial charge in [-0.25, -0.2) is 0 Å². The van der Waals surface area contributed by atoms with Gasteiger partial charge in [-0.3, -0.25) is 9.69 Å². The summed E-state index contributed by atoms with van der Waals surface area (Å²) in [5, 5.41) is 0. The van der Waals surface area contributed by atoms with Gasteiger partial charge in [0.2, 0.25) is 0 Å². The summed E-state index contributed by atoms with van der Waals surface area (Å²) in [6, 6.07) is 13.7. The van der Waals surface area contributed by atoms with Crippen molar-refractivity contribution in [1.82, 2.24) is 4.90 Å². The highest BCUT2D eigenvalue weighted by Crippen LogP contribution is 2.34. The fraction of sp³-hybridized carbons (Fsp3) is 0.308. The molecule has 1 saturated heterocycles. The number of hydrogen-bond donors (Lipinski definition) is 0. The summed E-state index contributed by atoms with van der Waals surface area (Å²) in [6.45, 7) is 11.4. The van der Waals surface area contributed by atoms with Crippen molar-refractivity contribution >= 4 is 40.3 Å². The Morgan fingerprint density at radius 3 is 2.39 bits per heavy atom. The van der Waals surface area contributed by atoms with Crippen molar-refractivity contribution in [1.29, 1.82) is 0 Å². The normalized spacial score (nSPS) is 15.2. The molecule has 0 aliphatic carbocycles. The first-order valence-corrected chi connectivity index (χ1v) is 11.9. The van der Waals surface area contributed by atoms with Gasteiger partial charge in [-0.15, -0.1) is 6.58 Å². The van der Waals surface area contributed by atoms with Gasteiger partial charge in [-0.05, 0) is 46.9 Å². The topological polar surface area (TPSA) is 48.0 Å². The van der Waals surface area contributed by atoms with Crippen molar-refractivity contribution in [2.24, 2.45) is 0 Å². The maximum atomic E-state index is 12.5. The highest BCUT2D eigenvalue weighted by Gasteiger charge is 2.31. The molecule has 2 aromatic carbocycles. The first kappa shape index (κ1) is 24.9. The summed E-state index contributed by atoms with van der Waals surface area (Å²) in [6.07, 6.45) is 3.46. The van der Waals surface area contributed by atoms with Gasteiger partial charge in [0.05, 0.1) is 12.0 Å². The molecule has 0 N–H and O–H groups in total. The molecule has 0 saturated carbocycles. The zero-order valence-electron chi connectivity index (χ0n) is 19.4. The minimum atomic E-state index is -0.114. The highest BCUT2D eigenvalue weighted by molar-refractivity contribution is 8.26. The number of ether oxygens (including phenoxy) is 3. The van der Waals surface area contributed by atoms with E-state index in [0.717, 1.165) is 11.3 Å². The van der Waals surface area contributed by atoms with E-state index in [1.165, 1.54) is 22.2 Å². The minimum absolute atomic E-state index is 0.112. The fourth-order valence-electron chi connectivity index (χ4n) is 3.19. The first-order chi connectivity index (χ1) is 15.7. The Bertz CT molecular complexity index is 1050. The second-order valence-electron chi connectivity index (χ2n) is 8.46. The smallest absolute Gasteiger partial charge is 0.266 e. The van der Waals surface area contributed by atoms with E-state index in [1.807, 2.05) is 30.3 Å². The van der Waals surface area contributed by atoms with Gasteiger partial charge >= 0.3 is 0 Å². The van der Waals surface area contributed by atoms with Crippen molar-refractivity contribution in [2.75, 3.05) is 26.9 Å². The van der Waals surface area contributed by atoms with Crippen molar-refractivity contribution in [2.45, 2.75) is 26.2 Å². The van der Waals surface area contributed by atoms with Gasteiger partial charge in [0, 0.05) is 6.54 Å². The Kier molecular flexibility index (Phi) is 8.21. The van der Waals surface area contributed by atoms with Gasteiger partial charge in [-0.1, -0.05) is 69.0 Å². The number of hydrogen-bond acceptors (Lipinski definition) is 6. The molecule has 3 rings (SSSR count). The van der Waals surface area contributed by atoms with Crippen molar-refractivity contribution < 1.29 is 19.0 Å². The number of thioether (sulfide) groups is 1. The molecule has 1 heterocycles. The van der Waals surface area contributed by atoms with Crippen molar-refractivity contribution in [3.63, 3.8) is 0 Å². The Labute approximate surface area is 205 Å². The largest absolute Gasteiger partial charge is 0.493 e. The number of carbonyl (C=O) groups is 1. The lowest BCUT2D eigenvalue weighted by atomic mass is 9.87. The van der Waals surface area contributed by atoms with Crippen LogP contribution in [0.1, 0.15) is 31.9 Å². The lowest BCUT2D eigenvalue weighted by Gasteiger charge is -2.19. The maximum absolute atomic E-state index is 12.5. The third kappa shape index (κ3) is 6.39. The van der Waals surface area contributed by atoms with Gasteiger partial charge in [0.25, 0.3) is 5.91 Å². The third-order valence-corrected chi connectivity index (χ3v) is 6.38. The Morgan fingerprint density at radius 2 is 1.76 bits per heavy atom. The van der Waals surface area contributed by atoms with Crippen LogP contribution in [0, 0.1) is 0 Å². The Hall–Kier alpha value is -2.77. The molecule has 0 unspecified atom stereocenters. The monoisotopic (exact) mass is 483 g/mol. The fourth-order valence-corrected chi connectivity index (χ4v) is 4.47. The molecule has 2 aromatic rings. The van der Waals surface area contributed by atoms with E-state index >= 15 is 0 Å². The summed E-state index contributed by atoms with van der Waals surface area (Å²) in [4.78, 5) is 14.6. The number of nitrogens with zero attached hydrogens (tertiary/aromatic N) is 1. The SMILES string of the molecule is C=CCN1C(=O)/C(=C\c2ccc(OCCOc3ccc(C(C)(C)C)cc3)c(OC)c2)SC1=S. The second-order valence-corrected chi connectivity index (χ2v) is 10.1. The molecule has 0 spiro atoms. The van der Waals surface area contributed by atoms with Crippen LogP contribution in [0.3, 0.4) is 0 Å². The summed E-state index contributed by atoms with van der Waals surface area (Å²) in [7, 11) is 1.59. The quantitative estimate of drug-likeness (QED) is 0.193. The van der Waals surface area contributed by atoms with Crippen LogP contribution in [0.5, 0.6) is 17.2 Å². The predicted molar refractivity (Wildman–Crippen MR) is 139 cm³/mol. The average molecular weight is 484 g/mol. The Morgan fingerprint density at radius 1 is 1.06 bits per heavy atom. The van der Waals surface area contributed by atoms with E-state index in [0.29, 0.717) is 40.5 Å². The van der Waals surface area contributed by atoms with E-state index in [1.54, 1.807) is 19.3 Å². The van der Waals surface area contributed by atoms with Crippen molar-refractivity contribution in [3.05, 3.63) is 71.2 Å². The molecule has 33 heavy (non-hydrogen) atoms. The van der Waals surface area contributed by atoms with Gasteiger partial charge in [0.1, 0.15) is 23.3 Å². The van der Waals surface area contributed by atoms with Crippen LogP contribution in [0.4, 0.5) is 0 Å². The number of benzene rings is 2. The minimum Gasteiger partial charge on any atom is -0.493 e. The van der Waals surface area contributed by atoms with Crippen LogP contribution in [0.2, 0.25) is 0 Å². The van der Waals surface area contributed by atoms with Crippen LogP contribution in [-0.2, 0) is 10.2 Å². The molecule has 7 heteroatoms.